The fourth-order valence-electron chi connectivity index (χ4n) is 0.545. The molecule has 0 N–H and O–H groups in total. The zero-order chi connectivity index (χ0) is 11.4. The Morgan fingerprint density at radius 1 is 1.36 bits per heavy atom. The Bertz CT molecular complexity index is 325. The van der Waals surface area contributed by atoms with Gasteiger partial charge in [-0.1, -0.05) is 0 Å². The van der Waals surface area contributed by atoms with Crippen LogP contribution >= 0.6 is 0 Å². The average Bonchev–Trinajstić information content (AvgIpc) is 1.93. The van der Waals surface area contributed by atoms with E-state index in [1.807, 2.05) is 20.8 Å². The topological polar surface area (TPSA) is 63.6 Å². The van der Waals surface area contributed by atoms with Crippen molar-refractivity contribution >= 4 is 27.0 Å². The monoisotopic (exact) mass is 239 g/mol. The van der Waals surface area contributed by atoms with Crippen LogP contribution < -0.4 is 0 Å². The summed E-state index contributed by atoms with van der Waals surface area (Å²) in [5.41, 5.74) is 0. The van der Waals surface area contributed by atoms with E-state index in [9.17, 15) is 12.6 Å². The molecule has 1 atom stereocenters. The summed E-state index contributed by atoms with van der Waals surface area (Å²) >= 11 is 0. The molecule has 0 amide bonds. The van der Waals surface area contributed by atoms with Gasteiger partial charge >= 0.3 is 0 Å². The van der Waals surface area contributed by atoms with Crippen LogP contribution in [0.5, 0.6) is 0 Å². The van der Waals surface area contributed by atoms with Crippen LogP contribution in [0.25, 0.3) is 0 Å². The summed E-state index contributed by atoms with van der Waals surface area (Å²) in [5, 5.41) is 0. The van der Waals surface area contributed by atoms with E-state index < -0.39 is 20.8 Å². The normalized spacial score (nSPS) is 16.0. The molecule has 0 aliphatic heterocycles. The molecule has 0 heterocycles. The van der Waals surface area contributed by atoms with Gasteiger partial charge in [0.05, 0.1) is 10.5 Å². The largest absolute Gasteiger partial charge is 0.234 e. The highest BCUT2D eigenvalue weighted by atomic mass is 32.2. The van der Waals surface area contributed by atoms with Crippen LogP contribution in [0.2, 0.25) is 0 Å². The quantitative estimate of drug-likeness (QED) is 0.686. The van der Waals surface area contributed by atoms with E-state index in [0.29, 0.717) is 6.42 Å². The Hall–Kier alpha value is -0.230. The Morgan fingerprint density at radius 2 is 1.86 bits per heavy atom. The number of rotatable bonds is 4. The third-order valence-electron chi connectivity index (χ3n) is 1.31. The maximum Gasteiger partial charge on any atom is 0.147 e. The summed E-state index contributed by atoms with van der Waals surface area (Å²) in [6.45, 7) is 5.45. The average molecular weight is 239 g/mol. The molecule has 6 heteroatoms. The molecule has 0 aromatic carbocycles. The van der Waals surface area contributed by atoms with Gasteiger partial charge in [0, 0.05) is 12.5 Å². The van der Waals surface area contributed by atoms with Crippen molar-refractivity contribution in [1.29, 1.82) is 0 Å². The lowest BCUT2D eigenvalue weighted by Crippen LogP contribution is -2.19. The first-order chi connectivity index (χ1) is 6.13. The number of sulfone groups is 1. The maximum atomic E-state index is 11.4. The van der Waals surface area contributed by atoms with Crippen molar-refractivity contribution in [2.45, 2.75) is 31.9 Å². The summed E-state index contributed by atoms with van der Waals surface area (Å²) in [6.07, 6.45) is 2.91. The highest BCUT2D eigenvalue weighted by Crippen LogP contribution is 2.11. The molecule has 0 aromatic rings. The first-order valence-electron chi connectivity index (χ1n) is 4.25. The molecular formula is C8H17NO3S2. The van der Waals surface area contributed by atoms with Crippen LogP contribution in [0.4, 0.5) is 0 Å². The van der Waals surface area contributed by atoms with E-state index in [4.69, 9.17) is 0 Å². The zero-order valence-electron chi connectivity index (χ0n) is 8.98. The second-order valence-electron chi connectivity index (χ2n) is 4.07. The van der Waals surface area contributed by atoms with Gasteiger partial charge in [-0.05, 0) is 27.2 Å². The Labute approximate surface area is 88.3 Å². The van der Waals surface area contributed by atoms with Crippen LogP contribution in [0, 0.1) is 0 Å². The Balaban J connectivity index is 4.04. The Morgan fingerprint density at radius 3 is 2.21 bits per heavy atom. The van der Waals surface area contributed by atoms with Gasteiger partial charge in [0.15, 0.2) is 0 Å². The van der Waals surface area contributed by atoms with Crippen molar-refractivity contribution in [3.8, 4) is 0 Å². The second kappa shape index (κ2) is 5.02. The van der Waals surface area contributed by atoms with Crippen molar-refractivity contribution in [2.24, 2.45) is 4.40 Å². The number of hydrogen-bond acceptors (Lipinski definition) is 3. The van der Waals surface area contributed by atoms with Crippen molar-refractivity contribution in [2.75, 3.05) is 12.0 Å². The zero-order valence-corrected chi connectivity index (χ0v) is 10.6. The van der Waals surface area contributed by atoms with E-state index in [1.165, 1.54) is 12.5 Å². The molecule has 0 spiro atoms. The van der Waals surface area contributed by atoms with Crippen molar-refractivity contribution in [1.82, 2.24) is 0 Å². The van der Waals surface area contributed by atoms with E-state index in [0.717, 1.165) is 0 Å². The van der Waals surface area contributed by atoms with E-state index >= 15 is 0 Å². The molecule has 0 saturated heterocycles. The SMILES string of the molecule is CC(C)(C)[S@](=O)N=CCCS(C)(=O)=O. The van der Waals surface area contributed by atoms with Gasteiger partial charge in [-0.3, -0.25) is 0 Å². The van der Waals surface area contributed by atoms with Crippen molar-refractivity contribution < 1.29 is 12.6 Å². The van der Waals surface area contributed by atoms with Crippen LogP contribution in [0.1, 0.15) is 27.2 Å². The summed E-state index contributed by atoms with van der Waals surface area (Å²) < 4.78 is 36.2. The number of nitrogens with zero attached hydrogens (tertiary/aromatic N) is 1. The lowest BCUT2D eigenvalue weighted by molar-refractivity contribution is 0.602. The predicted octanol–water partition coefficient (Wildman–Crippen LogP) is 0.954. The molecule has 0 saturated carbocycles. The van der Waals surface area contributed by atoms with Crippen LogP contribution in [-0.2, 0) is 20.8 Å². The Kier molecular flexibility index (Phi) is 4.94. The lowest BCUT2D eigenvalue weighted by atomic mass is 10.3. The van der Waals surface area contributed by atoms with Gasteiger partial charge in [-0.2, -0.15) is 4.40 Å². The highest BCUT2D eigenvalue weighted by Gasteiger charge is 2.17. The van der Waals surface area contributed by atoms with Gasteiger partial charge in [-0.15, -0.1) is 0 Å². The number of hydrogen-bond donors (Lipinski definition) is 0. The third kappa shape index (κ3) is 7.20. The molecular weight excluding hydrogens is 222 g/mol. The van der Waals surface area contributed by atoms with Gasteiger partial charge in [-0.25, -0.2) is 12.6 Å². The van der Waals surface area contributed by atoms with Crippen LogP contribution in [-0.4, -0.2) is 35.6 Å². The van der Waals surface area contributed by atoms with Gasteiger partial charge < -0.3 is 0 Å². The first-order valence-corrected chi connectivity index (χ1v) is 7.42. The molecule has 0 unspecified atom stereocenters. The maximum absolute atomic E-state index is 11.4. The molecule has 0 bridgehead atoms. The molecule has 0 aromatic heterocycles. The van der Waals surface area contributed by atoms with Crippen molar-refractivity contribution in [3.63, 3.8) is 0 Å². The van der Waals surface area contributed by atoms with Crippen molar-refractivity contribution in [3.05, 3.63) is 0 Å². The predicted molar refractivity (Wildman–Crippen MR) is 60.7 cm³/mol. The molecule has 0 radical (unpaired) electrons. The standard InChI is InChI=1S/C8H17NO3S2/c1-8(2,3)13(10)9-6-5-7-14(4,11)12/h6H,5,7H2,1-4H3/t13-/m0/s1. The lowest BCUT2D eigenvalue weighted by Gasteiger charge is -2.12. The molecule has 0 aliphatic carbocycles. The van der Waals surface area contributed by atoms with Gasteiger partial charge in [0.1, 0.15) is 20.8 Å². The summed E-state index contributed by atoms with van der Waals surface area (Å²) in [4.78, 5) is 0. The summed E-state index contributed by atoms with van der Waals surface area (Å²) in [6, 6.07) is 0. The summed E-state index contributed by atoms with van der Waals surface area (Å²) in [7, 11) is -4.24. The molecule has 0 rings (SSSR count). The minimum atomic E-state index is -2.95. The minimum absolute atomic E-state index is 0.0534. The van der Waals surface area contributed by atoms with Crippen LogP contribution in [0.3, 0.4) is 0 Å². The molecule has 0 fully saturated rings. The highest BCUT2D eigenvalue weighted by molar-refractivity contribution is 7.90. The van der Waals surface area contributed by atoms with Crippen LogP contribution in [0.15, 0.2) is 4.40 Å². The summed E-state index contributed by atoms with van der Waals surface area (Å²) in [5.74, 6) is 0.0534. The fourth-order valence-corrected chi connectivity index (χ4v) is 1.64. The molecule has 84 valence electrons. The van der Waals surface area contributed by atoms with Gasteiger partial charge in [0.2, 0.25) is 0 Å². The molecule has 14 heavy (non-hydrogen) atoms. The van der Waals surface area contributed by atoms with E-state index in [-0.39, 0.29) is 10.5 Å². The second-order valence-corrected chi connectivity index (χ2v) is 8.26. The fraction of sp³-hybridized carbons (Fsp3) is 0.875. The van der Waals surface area contributed by atoms with Gasteiger partial charge in [0.25, 0.3) is 0 Å². The smallest absolute Gasteiger partial charge is 0.147 e. The van der Waals surface area contributed by atoms with E-state index in [2.05, 4.69) is 4.40 Å². The molecule has 0 aliphatic rings. The first kappa shape index (κ1) is 13.8. The third-order valence-corrected chi connectivity index (χ3v) is 3.68. The van der Waals surface area contributed by atoms with E-state index in [1.54, 1.807) is 0 Å². The molecule has 4 nitrogen and oxygen atoms in total. The minimum Gasteiger partial charge on any atom is -0.234 e.